The number of piperazine rings is 1. The van der Waals surface area contributed by atoms with Gasteiger partial charge in [0.1, 0.15) is 0 Å². The van der Waals surface area contributed by atoms with Gasteiger partial charge in [-0.05, 0) is 53.6 Å². The molecule has 1 N–H and O–H groups in total. The lowest BCUT2D eigenvalue weighted by Crippen LogP contribution is -2.57. The van der Waals surface area contributed by atoms with Gasteiger partial charge in [-0.3, -0.25) is 14.7 Å². The average molecular weight is 423 g/mol. The maximum Gasteiger partial charge on any atom is 0.239 e. The van der Waals surface area contributed by atoms with Crippen LogP contribution in [-0.2, 0) is 9.53 Å². The van der Waals surface area contributed by atoms with E-state index in [1.165, 1.54) is 0 Å². The number of likely N-dealkylation sites (N-methyl/N-ethyl adjacent to an activating group) is 1. The van der Waals surface area contributed by atoms with Crippen molar-refractivity contribution in [1.82, 2.24) is 24.9 Å². The smallest absolute Gasteiger partial charge is 0.239 e. The Morgan fingerprint density at radius 3 is 2.27 bits per heavy atom. The molecule has 0 radical (unpaired) electrons. The van der Waals surface area contributed by atoms with Crippen LogP contribution in [0.2, 0.25) is 0 Å². The number of ether oxygens (including phenoxy) is 1. The molecule has 3 fully saturated rings. The summed E-state index contributed by atoms with van der Waals surface area (Å²) in [6.45, 7) is 12.9. The van der Waals surface area contributed by atoms with E-state index in [-0.39, 0.29) is 11.6 Å². The molecule has 8 heteroatoms. The van der Waals surface area contributed by atoms with Crippen molar-refractivity contribution in [2.45, 2.75) is 51.1 Å². The van der Waals surface area contributed by atoms with E-state index in [2.05, 4.69) is 48.0 Å². The van der Waals surface area contributed by atoms with E-state index in [0.717, 1.165) is 97.2 Å². The number of likely N-dealkylation sites (tertiary alicyclic amines) is 1. The normalized spacial score (nSPS) is 24.4. The van der Waals surface area contributed by atoms with Crippen LogP contribution in [0.4, 0.5) is 0 Å². The van der Waals surface area contributed by atoms with Crippen molar-refractivity contribution >= 4 is 11.9 Å². The molecule has 0 saturated carbocycles. The van der Waals surface area contributed by atoms with E-state index >= 15 is 0 Å². The zero-order chi connectivity index (χ0) is 21.6. The summed E-state index contributed by atoms with van der Waals surface area (Å²) < 4.78 is 5.60. The first-order valence-corrected chi connectivity index (χ1v) is 11.8. The molecule has 1 unspecified atom stereocenters. The Bertz CT molecular complexity index is 576. The van der Waals surface area contributed by atoms with Crippen LogP contribution in [-0.4, -0.2) is 123 Å². The Hall–Kier alpha value is -1.38. The van der Waals surface area contributed by atoms with Crippen molar-refractivity contribution < 1.29 is 9.53 Å². The van der Waals surface area contributed by atoms with Gasteiger partial charge in [0, 0.05) is 64.6 Å². The van der Waals surface area contributed by atoms with E-state index in [4.69, 9.17) is 9.73 Å². The number of guanidine groups is 1. The van der Waals surface area contributed by atoms with Gasteiger partial charge in [-0.25, -0.2) is 0 Å². The van der Waals surface area contributed by atoms with E-state index < -0.39 is 0 Å². The van der Waals surface area contributed by atoms with Crippen LogP contribution in [0.5, 0.6) is 0 Å². The summed E-state index contributed by atoms with van der Waals surface area (Å²) in [6, 6.07) is -0.0241. The Kier molecular flexibility index (Phi) is 8.36. The van der Waals surface area contributed by atoms with Crippen molar-refractivity contribution in [3.63, 3.8) is 0 Å². The van der Waals surface area contributed by atoms with Gasteiger partial charge in [-0.1, -0.05) is 0 Å². The summed E-state index contributed by atoms with van der Waals surface area (Å²) in [5.41, 5.74) is 0.0808. The molecule has 3 saturated heterocycles. The average Bonchev–Trinajstić information content (AvgIpc) is 3.31. The molecule has 3 aliphatic heterocycles. The van der Waals surface area contributed by atoms with Crippen molar-refractivity contribution in [3.05, 3.63) is 0 Å². The van der Waals surface area contributed by atoms with E-state index in [0.29, 0.717) is 5.91 Å². The minimum atomic E-state index is -0.0241. The lowest BCUT2D eigenvalue weighted by Gasteiger charge is -2.43. The fourth-order valence-electron chi connectivity index (χ4n) is 4.82. The predicted octanol–water partition coefficient (Wildman–Crippen LogP) is 0.691. The molecule has 1 atom stereocenters. The maximum atomic E-state index is 12.8. The summed E-state index contributed by atoms with van der Waals surface area (Å²) in [6.07, 6.45) is 4.34. The molecule has 3 heterocycles. The van der Waals surface area contributed by atoms with Crippen molar-refractivity contribution in [3.8, 4) is 0 Å². The van der Waals surface area contributed by atoms with Crippen LogP contribution in [0.1, 0.15) is 39.5 Å². The lowest BCUT2D eigenvalue weighted by atomic mass is 9.89. The van der Waals surface area contributed by atoms with Gasteiger partial charge in [0.25, 0.3) is 0 Å². The Morgan fingerprint density at radius 2 is 1.70 bits per heavy atom. The number of nitrogens with one attached hydrogen (secondary N) is 1. The van der Waals surface area contributed by atoms with Gasteiger partial charge >= 0.3 is 0 Å². The Morgan fingerprint density at radius 1 is 1.07 bits per heavy atom. The number of amides is 1. The highest BCUT2D eigenvalue weighted by Gasteiger charge is 2.35. The zero-order valence-corrected chi connectivity index (χ0v) is 19.5. The largest absolute Gasteiger partial charge is 0.381 e. The number of hydrogen-bond acceptors (Lipinski definition) is 5. The minimum absolute atomic E-state index is 0.0241. The van der Waals surface area contributed by atoms with Crippen LogP contribution >= 0.6 is 0 Å². The molecule has 3 rings (SSSR count). The number of nitrogens with zero attached hydrogens (tertiary/aromatic N) is 5. The third-order valence-corrected chi connectivity index (χ3v) is 7.17. The molecule has 3 aliphatic rings. The molecule has 1 amide bonds. The van der Waals surface area contributed by atoms with Crippen LogP contribution in [0.3, 0.4) is 0 Å². The summed E-state index contributed by atoms with van der Waals surface area (Å²) in [7, 11) is 4.32. The fraction of sp³-hybridized carbons (Fsp3) is 0.909. The second kappa shape index (κ2) is 10.8. The summed E-state index contributed by atoms with van der Waals surface area (Å²) in [5.74, 6) is 1.30. The first kappa shape index (κ1) is 23.3. The third-order valence-electron chi connectivity index (χ3n) is 7.17. The highest BCUT2D eigenvalue weighted by atomic mass is 16.5. The molecule has 30 heavy (non-hydrogen) atoms. The monoisotopic (exact) mass is 422 g/mol. The van der Waals surface area contributed by atoms with Gasteiger partial charge in [0.05, 0.1) is 12.6 Å². The standard InChI is InChI=1S/C22H42N6O2/c1-5-23-21(24-18-22(25(3)4)8-16-30-17-9-22)28-14-12-26(13-15-28)19(2)20(29)27-10-6-7-11-27/h19H,5-18H2,1-4H3,(H,23,24). The predicted molar refractivity (Wildman–Crippen MR) is 121 cm³/mol. The van der Waals surface area contributed by atoms with Crippen molar-refractivity contribution in [2.24, 2.45) is 4.99 Å². The number of hydrogen-bond donors (Lipinski definition) is 1. The molecule has 0 aromatic rings. The highest BCUT2D eigenvalue weighted by Crippen LogP contribution is 2.26. The molecule has 0 aromatic heterocycles. The second-order valence-electron chi connectivity index (χ2n) is 9.13. The Balaban J connectivity index is 1.58. The van der Waals surface area contributed by atoms with Gasteiger partial charge in [0.15, 0.2) is 5.96 Å². The third kappa shape index (κ3) is 5.45. The van der Waals surface area contributed by atoms with Gasteiger partial charge < -0.3 is 24.8 Å². The molecule has 0 aromatic carbocycles. The van der Waals surface area contributed by atoms with E-state index in [1.54, 1.807) is 0 Å². The van der Waals surface area contributed by atoms with Gasteiger partial charge in [-0.15, -0.1) is 0 Å². The first-order chi connectivity index (χ1) is 14.5. The van der Waals surface area contributed by atoms with Crippen LogP contribution < -0.4 is 5.32 Å². The highest BCUT2D eigenvalue weighted by molar-refractivity contribution is 5.82. The summed E-state index contributed by atoms with van der Waals surface area (Å²) in [5, 5.41) is 3.49. The molecular weight excluding hydrogens is 380 g/mol. The quantitative estimate of drug-likeness (QED) is 0.502. The lowest BCUT2D eigenvalue weighted by molar-refractivity contribution is -0.135. The van der Waals surface area contributed by atoms with Crippen molar-refractivity contribution in [1.29, 1.82) is 0 Å². The number of aliphatic imine (C=N–C) groups is 1. The van der Waals surface area contributed by atoms with Crippen LogP contribution in [0, 0.1) is 0 Å². The summed E-state index contributed by atoms with van der Waals surface area (Å²) >= 11 is 0. The summed E-state index contributed by atoms with van der Waals surface area (Å²) in [4.78, 5) is 26.9. The van der Waals surface area contributed by atoms with E-state index in [9.17, 15) is 4.79 Å². The molecule has 0 spiro atoms. The fourth-order valence-corrected chi connectivity index (χ4v) is 4.82. The van der Waals surface area contributed by atoms with Gasteiger partial charge in [-0.2, -0.15) is 0 Å². The maximum absolute atomic E-state index is 12.8. The SMILES string of the molecule is CCNC(=NCC1(N(C)C)CCOCC1)N1CCN(C(C)C(=O)N2CCCC2)CC1. The van der Waals surface area contributed by atoms with Crippen molar-refractivity contribution in [2.75, 3.05) is 79.7 Å². The second-order valence-corrected chi connectivity index (χ2v) is 9.13. The van der Waals surface area contributed by atoms with Gasteiger partial charge in [0.2, 0.25) is 5.91 Å². The minimum Gasteiger partial charge on any atom is -0.381 e. The van der Waals surface area contributed by atoms with E-state index in [1.807, 2.05) is 4.90 Å². The van der Waals surface area contributed by atoms with Crippen LogP contribution in [0.15, 0.2) is 4.99 Å². The zero-order valence-electron chi connectivity index (χ0n) is 19.5. The van der Waals surface area contributed by atoms with Crippen LogP contribution in [0.25, 0.3) is 0 Å². The molecule has 0 bridgehead atoms. The molecule has 172 valence electrons. The topological polar surface area (TPSA) is 63.7 Å². The Labute approximate surface area is 182 Å². The number of carbonyl (C=O) groups is 1. The first-order valence-electron chi connectivity index (χ1n) is 11.8. The molecule has 0 aliphatic carbocycles. The number of rotatable bonds is 6. The molecular formula is C22H42N6O2. The molecule has 8 nitrogen and oxygen atoms in total. The number of carbonyl (C=O) groups excluding carboxylic acids is 1.